The number of aliphatic carboxylic acids is 1. The van der Waals surface area contributed by atoms with Crippen molar-refractivity contribution in [2.45, 2.75) is 6.42 Å². The number of aromatic amines is 1. The number of carboxylic acid groups (broad SMARTS) is 1. The van der Waals surface area contributed by atoms with E-state index in [1.54, 1.807) is 12.1 Å². The van der Waals surface area contributed by atoms with Crippen LogP contribution in [0, 0.1) is 0 Å². The highest BCUT2D eigenvalue weighted by Crippen LogP contribution is 2.32. The van der Waals surface area contributed by atoms with Crippen molar-refractivity contribution < 1.29 is 14.6 Å². The summed E-state index contributed by atoms with van der Waals surface area (Å²) in [6.45, 7) is 0. The number of hydrogen-bond donors (Lipinski definition) is 2. The monoisotopic (exact) mass is 311 g/mol. The molecule has 0 amide bonds. The molecule has 6 heteroatoms. The Balaban J connectivity index is 2.87. The molecule has 0 unspecified atom stereocenters. The number of nitrogens with one attached hydrogen (secondary N) is 1. The minimum Gasteiger partial charge on any atom is -0.496 e. The predicted molar refractivity (Wildman–Crippen MR) is 70.2 cm³/mol. The number of fused-ring (bicyclic) bond motifs is 1. The van der Waals surface area contributed by atoms with Crippen LogP contribution in [0.3, 0.4) is 0 Å². The smallest absolute Gasteiger partial charge is 0.307 e. The van der Waals surface area contributed by atoms with Gasteiger partial charge in [-0.3, -0.25) is 9.59 Å². The molecule has 0 atom stereocenters. The summed E-state index contributed by atoms with van der Waals surface area (Å²) in [6.07, 6.45) is -0.229. The number of methoxy groups -OCH3 is 1. The molecular formula is C12H10BrNO4. The van der Waals surface area contributed by atoms with Crippen LogP contribution in [0.1, 0.15) is 5.56 Å². The van der Waals surface area contributed by atoms with Gasteiger partial charge in [0.2, 0.25) is 5.56 Å². The molecule has 2 rings (SSSR count). The first-order chi connectivity index (χ1) is 8.52. The molecule has 0 bridgehead atoms. The average molecular weight is 312 g/mol. The molecule has 1 heterocycles. The zero-order chi connectivity index (χ0) is 13.3. The summed E-state index contributed by atoms with van der Waals surface area (Å²) in [6, 6.07) is 4.74. The molecule has 5 nitrogen and oxygen atoms in total. The van der Waals surface area contributed by atoms with E-state index in [2.05, 4.69) is 20.9 Å². The fourth-order valence-corrected chi connectivity index (χ4v) is 2.29. The molecular weight excluding hydrogens is 302 g/mol. The van der Waals surface area contributed by atoms with Crippen LogP contribution in [0.2, 0.25) is 0 Å². The minimum atomic E-state index is -0.996. The molecule has 0 fully saturated rings. The quantitative estimate of drug-likeness (QED) is 0.907. The normalized spacial score (nSPS) is 10.6. The van der Waals surface area contributed by atoms with E-state index in [1.165, 1.54) is 13.2 Å². The Morgan fingerprint density at radius 2 is 2.22 bits per heavy atom. The van der Waals surface area contributed by atoms with Gasteiger partial charge in [0.05, 0.1) is 19.0 Å². The van der Waals surface area contributed by atoms with Crippen molar-refractivity contribution in [1.29, 1.82) is 0 Å². The van der Waals surface area contributed by atoms with E-state index in [0.717, 1.165) is 0 Å². The highest BCUT2D eigenvalue weighted by Gasteiger charge is 2.13. The summed E-state index contributed by atoms with van der Waals surface area (Å²) in [5.41, 5.74) is 0.630. The van der Waals surface area contributed by atoms with Crippen molar-refractivity contribution in [2.24, 2.45) is 0 Å². The Bertz CT molecular complexity index is 678. The SMILES string of the molecule is COc1ccc(Br)c2[nH]c(=O)cc(CC(=O)O)c12. The first-order valence-electron chi connectivity index (χ1n) is 5.13. The number of carboxylic acids is 1. The van der Waals surface area contributed by atoms with Crippen LogP contribution < -0.4 is 10.3 Å². The second-order valence-corrected chi connectivity index (χ2v) is 4.58. The van der Waals surface area contributed by atoms with E-state index >= 15 is 0 Å². The van der Waals surface area contributed by atoms with Gasteiger partial charge in [0.1, 0.15) is 5.75 Å². The number of hydrogen-bond acceptors (Lipinski definition) is 3. The van der Waals surface area contributed by atoms with E-state index in [-0.39, 0.29) is 12.0 Å². The largest absolute Gasteiger partial charge is 0.496 e. The maximum atomic E-state index is 11.5. The van der Waals surface area contributed by atoms with Crippen LogP contribution in [0.25, 0.3) is 10.9 Å². The maximum Gasteiger partial charge on any atom is 0.307 e. The number of ether oxygens (including phenoxy) is 1. The molecule has 2 N–H and O–H groups in total. The summed E-state index contributed by atoms with van der Waals surface area (Å²) in [4.78, 5) is 25.0. The topological polar surface area (TPSA) is 79.4 Å². The van der Waals surface area contributed by atoms with Gasteiger partial charge in [-0.25, -0.2) is 0 Å². The maximum absolute atomic E-state index is 11.5. The van der Waals surface area contributed by atoms with Crippen molar-refractivity contribution >= 4 is 32.8 Å². The van der Waals surface area contributed by atoms with Gasteiger partial charge in [-0.15, -0.1) is 0 Å². The third-order valence-corrected chi connectivity index (χ3v) is 3.21. The molecule has 0 aliphatic heterocycles. The Labute approximate surface area is 111 Å². The lowest BCUT2D eigenvalue weighted by molar-refractivity contribution is -0.136. The van der Waals surface area contributed by atoms with Crippen LogP contribution in [0.4, 0.5) is 0 Å². The Morgan fingerprint density at radius 3 is 2.83 bits per heavy atom. The van der Waals surface area contributed by atoms with Gasteiger partial charge in [-0.05, 0) is 33.6 Å². The van der Waals surface area contributed by atoms with Gasteiger partial charge in [-0.1, -0.05) is 0 Å². The number of H-pyrrole nitrogens is 1. The number of aromatic nitrogens is 1. The Kier molecular flexibility index (Phi) is 3.38. The molecule has 0 spiro atoms. The minimum absolute atomic E-state index is 0.229. The molecule has 0 saturated heterocycles. The van der Waals surface area contributed by atoms with Gasteiger partial charge in [-0.2, -0.15) is 0 Å². The van der Waals surface area contributed by atoms with Gasteiger partial charge >= 0.3 is 5.97 Å². The van der Waals surface area contributed by atoms with Crippen LogP contribution >= 0.6 is 15.9 Å². The van der Waals surface area contributed by atoms with E-state index < -0.39 is 5.97 Å². The number of carbonyl (C=O) groups is 1. The molecule has 18 heavy (non-hydrogen) atoms. The van der Waals surface area contributed by atoms with Crippen LogP contribution in [-0.2, 0) is 11.2 Å². The van der Waals surface area contributed by atoms with Gasteiger partial charge in [0.25, 0.3) is 0 Å². The van der Waals surface area contributed by atoms with Crippen molar-refractivity contribution in [3.8, 4) is 5.75 Å². The van der Waals surface area contributed by atoms with Crippen LogP contribution in [0.15, 0.2) is 27.5 Å². The Morgan fingerprint density at radius 1 is 1.50 bits per heavy atom. The van der Waals surface area contributed by atoms with Crippen LogP contribution in [-0.4, -0.2) is 23.2 Å². The summed E-state index contributed by atoms with van der Waals surface area (Å²) in [5, 5.41) is 9.49. The fraction of sp³-hybridized carbons (Fsp3) is 0.167. The summed E-state index contributed by atoms with van der Waals surface area (Å²) >= 11 is 3.32. The first kappa shape index (κ1) is 12.6. The van der Waals surface area contributed by atoms with E-state index in [1.807, 2.05) is 0 Å². The van der Waals surface area contributed by atoms with Crippen molar-refractivity contribution in [3.63, 3.8) is 0 Å². The summed E-state index contributed by atoms with van der Waals surface area (Å²) in [7, 11) is 1.50. The van der Waals surface area contributed by atoms with Crippen molar-refractivity contribution in [1.82, 2.24) is 4.98 Å². The highest BCUT2D eigenvalue weighted by molar-refractivity contribution is 9.10. The third kappa shape index (κ3) is 2.24. The lowest BCUT2D eigenvalue weighted by Crippen LogP contribution is -2.10. The molecule has 94 valence electrons. The second-order valence-electron chi connectivity index (χ2n) is 3.73. The number of benzene rings is 1. The van der Waals surface area contributed by atoms with Crippen LogP contribution in [0.5, 0.6) is 5.75 Å². The first-order valence-corrected chi connectivity index (χ1v) is 5.92. The molecule has 1 aromatic heterocycles. The van der Waals surface area contributed by atoms with Gasteiger partial charge < -0.3 is 14.8 Å². The molecule has 0 radical (unpaired) electrons. The summed E-state index contributed by atoms with van der Waals surface area (Å²) in [5.74, 6) is -0.468. The van der Waals surface area contributed by atoms with E-state index in [4.69, 9.17) is 9.84 Å². The zero-order valence-corrected chi connectivity index (χ0v) is 11.1. The predicted octanol–water partition coefficient (Wildman–Crippen LogP) is 1.93. The fourth-order valence-electron chi connectivity index (χ4n) is 1.86. The molecule has 0 saturated carbocycles. The van der Waals surface area contributed by atoms with Crippen molar-refractivity contribution in [3.05, 3.63) is 38.6 Å². The lowest BCUT2D eigenvalue weighted by atomic mass is 10.1. The third-order valence-electron chi connectivity index (χ3n) is 2.55. The standard InChI is InChI=1S/C12H10BrNO4/c1-18-8-3-2-7(13)12-11(8)6(5-10(16)17)4-9(15)14-12/h2-4H,5H2,1H3,(H,14,15)(H,16,17). The summed E-state index contributed by atoms with van der Waals surface area (Å²) < 4.78 is 5.89. The molecule has 0 aliphatic carbocycles. The van der Waals surface area contributed by atoms with Gasteiger partial charge in [0.15, 0.2) is 0 Å². The molecule has 1 aromatic carbocycles. The average Bonchev–Trinajstić information content (AvgIpc) is 2.29. The number of halogens is 1. The van der Waals surface area contributed by atoms with Gasteiger partial charge in [0, 0.05) is 15.9 Å². The van der Waals surface area contributed by atoms with E-state index in [9.17, 15) is 9.59 Å². The lowest BCUT2D eigenvalue weighted by Gasteiger charge is -2.10. The Hall–Kier alpha value is -1.82. The van der Waals surface area contributed by atoms with Crippen molar-refractivity contribution in [2.75, 3.05) is 7.11 Å². The second kappa shape index (κ2) is 4.81. The zero-order valence-electron chi connectivity index (χ0n) is 9.49. The molecule has 2 aromatic rings. The number of pyridine rings is 1. The highest BCUT2D eigenvalue weighted by atomic mass is 79.9. The molecule has 0 aliphatic rings. The number of rotatable bonds is 3. The van der Waals surface area contributed by atoms with E-state index in [0.29, 0.717) is 26.7 Å².